The van der Waals surface area contributed by atoms with E-state index in [1.807, 2.05) is 4.90 Å². The van der Waals surface area contributed by atoms with Gasteiger partial charge in [0.25, 0.3) is 5.91 Å². The van der Waals surface area contributed by atoms with Crippen LogP contribution >= 0.6 is 0 Å². The van der Waals surface area contributed by atoms with Crippen LogP contribution in [-0.4, -0.2) is 65.9 Å². The Kier molecular flexibility index (Phi) is 4.43. The van der Waals surface area contributed by atoms with Crippen LogP contribution in [0.3, 0.4) is 0 Å². The van der Waals surface area contributed by atoms with Crippen molar-refractivity contribution in [1.82, 2.24) is 20.4 Å². The molecule has 4 fully saturated rings. The highest BCUT2D eigenvalue weighted by Gasteiger charge is 2.52. The van der Waals surface area contributed by atoms with Crippen LogP contribution in [0, 0.1) is 11.8 Å². The average Bonchev–Trinajstić information content (AvgIpc) is 3.26. The zero-order valence-electron chi connectivity index (χ0n) is 14.8. The predicted molar refractivity (Wildman–Crippen MR) is 91.7 cm³/mol. The summed E-state index contributed by atoms with van der Waals surface area (Å²) < 4.78 is 0. The largest absolute Gasteiger partial charge is 0.343 e. The van der Waals surface area contributed by atoms with Crippen LogP contribution in [0.5, 0.6) is 0 Å². The quantitative estimate of drug-likeness (QED) is 0.736. The van der Waals surface area contributed by atoms with Gasteiger partial charge in [0.05, 0.1) is 0 Å². The number of carbonyl (C=O) groups excluding carboxylic acids is 3. The third-order valence-electron chi connectivity index (χ3n) is 6.62. The molecular formula is C18H28N4O3. The number of fused-ring (bicyclic) bond motifs is 1. The molecule has 3 heterocycles. The lowest BCUT2D eigenvalue weighted by molar-refractivity contribution is -0.133. The lowest BCUT2D eigenvalue weighted by Gasteiger charge is -2.23. The fourth-order valence-corrected chi connectivity index (χ4v) is 5.03. The second-order valence-corrected chi connectivity index (χ2v) is 8.06. The Hall–Kier alpha value is -1.63. The maximum absolute atomic E-state index is 12.6. The minimum atomic E-state index is -0.673. The summed E-state index contributed by atoms with van der Waals surface area (Å²) in [5.41, 5.74) is -0.673. The van der Waals surface area contributed by atoms with E-state index in [1.54, 1.807) is 0 Å². The number of carbonyl (C=O) groups is 3. The van der Waals surface area contributed by atoms with Gasteiger partial charge in [0, 0.05) is 26.1 Å². The van der Waals surface area contributed by atoms with Crippen molar-refractivity contribution in [2.24, 2.45) is 11.8 Å². The molecule has 4 aliphatic rings. The van der Waals surface area contributed by atoms with Gasteiger partial charge in [-0.25, -0.2) is 4.79 Å². The molecule has 1 saturated carbocycles. The maximum atomic E-state index is 12.6. The van der Waals surface area contributed by atoms with Crippen molar-refractivity contribution in [3.8, 4) is 0 Å². The second kappa shape index (κ2) is 6.59. The van der Waals surface area contributed by atoms with Gasteiger partial charge in [-0.2, -0.15) is 0 Å². The van der Waals surface area contributed by atoms with Gasteiger partial charge in [-0.05, 0) is 50.6 Å². The molecule has 25 heavy (non-hydrogen) atoms. The highest BCUT2D eigenvalue weighted by Crippen LogP contribution is 2.35. The zero-order valence-corrected chi connectivity index (χ0v) is 14.8. The van der Waals surface area contributed by atoms with Gasteiger partial charge < -0.3 is 15.5 Å². The second-order valence-electron chi connectivity index (χ2n) is 8.06. The molecule has 7 nitrogen and oxygen atoms in total. The lowest BCUT2D eigenvalue weighted by Crippen LogP contribution is -2.44. The van der Waals surface area contributed by atoms with Crippen molar-refractivity contribution < 1.29 is 14.4 Å². The summed E-state index contributed by atoms with van der Waals surface area (Å²) in [4.78, 5) is 40.6. The van der Waals surface area contributed by atoms with Crippen molar-refractivity contribution in [2.45, 2.75) is 50.5 Å². The van der Waals surface area contributed by atoms with Crippen LogP contribution in [0.2, 0.25) is 0 Å². The molecule has 1 aliphatic carbocycles. The molecule has 2 atom stereocenters. The highest BCUT2D eigenvalue weighted by atomic mass is 16.2. The molecule has 0 unspecified atom stereocenters. The first-order valence-corrected chi connectivity index (χ1v) is 9.72. The molecule has 4 rings (SSSR count). The van der Waals surface area contributed by atoms with Gasteiger partial charge in [-0.1, -0.05) is 12.8 Å². The van der Waals surface area contributed by atoms with E-state index in [2.05, 4.69) is 10.6 Å². The zero-order chi connectivity index (χ0) is 17.4. The summed E-state index contributed by atoms with van der Waals surface area (Å²) in [7, 11) is 0. The first kappa shape index (κ1) is 16.8. The van der Waals surface area contributed by atoms with Gasteiger partial charge in [0.1, 0.15) is 5.54 Å². The van der Waals surface area contributed by atoms with E-state index in [-0.39, 0.29) is 30.8 Å². The molecule has 0 aromatic carbocycles. The number of hydrogen-bond donors (Lipinski definition) is 2. The van der Waals surface area contributed by atoms with E-state index in [0.717, 1.165) is 64.7 Å². The van der Waals surface area contributed by atoms with Crippen molar-refractivity contribution in [3.05, 3.63) is 0 Å². The predicted octanol–water partition coefficient (Wildman–Crippen LogP) is 0.699. The Labute approximate surface area is 148 Å². The standard InChI is InChI=1S/C18H28N4O3/c23-15(21-8-3-13-11-19-12-14(13)4-9-21)5-10-22-16(24)18(20-17(22)25)6-1-2-7-18/h13-14,19H,1-12H2,(H,20,25)/t13-,14+. The normalized spacial score (nSPS) is 31.4. The molecule has 0 bridgehead atoms. The molecule has 3 aliphatic heterocycles. The van der Waals surface area contributed by atoms with Crippen LogP contribution in [0.1, 0.15) is 44.9 Å². The molecule has 7 heteroatoms. The number of imide groups is 1. The van der Waals surface area contributed by atoms with E-state index >= 15 is 0 Å². The summed E-state index contributed by atoms with van der Waals surface area (Å²) in [5.74, 6) is 1.32. The number of hydrogen-bond acceptors (Lipinski definition) is 4. The highest BCUT2D eigenvalue weighted by molar-refractivity contribution is 6.07. The summed E-state index contributed by atoms with van der Waals surface area (Å²) in [6, 6.07) is -0.323. The van der Waals surface area contributed by atoms with Gasteiger partial charge in [-0.15, -0.1) is 0 Å². The van der Waals surface area contributed by atoms with Crippen LogP contribution in [0.25, 0.3) is 0 Å². The number of nitrogens with one attached hydrogen (secondary N) is 2. The number of nitrogens with zero attached hydrogens (tertiary/aromatic N) is 2. The first-order valence-electron chi connectivity index (χ1n) is 9.72. The number of urea groups is 1. The SMILES string of the molecule is O=C(CCN1C(=O)NC2(CCCC2)C1=O)N1CC[C@@H]2CNC[C@@H]2CC1. The topological polar surface area (TPSA) is 81.8 Å². The first-order chi connectivity index (χ1) is 12.1. The smallest absolute Gasteiger partial charge is 0.325 e. The van der Waals surface area contributed by atoms with Gasteiger partial charge in [0.2, 0.25) is 5.91 Å². The molecule has 0 radical (unpaired) electrons. The number of rotatable bonds is 3. The average molecular weight is 348 g/mol. The van der Waals surface area contributed by atoms with Crippen LogP contribution in [0.15, 0.2) is 0 Å². The Morgan fingerprint density at radius 1 is 1.08 bits per heavy atom. The fourth-order valence-electron chi connectivity index (χ4n) is 5.03. The fraction of sp³-hybridized carbons (Fsp3) is 0.833. The van der Waals surface area contributed by atoms with Crippen LogP contribution in [-0.2, 0) is 9.59 Å². The summed E-state index contributed by atoms with van der Waals surface area (Å²) in [6.45, 7) is 3.93. The molecule has 1 spiro atoms. The van der Waals surface area contributed by atoms with Crippen LogP contribution < -0.4 is 10.6 Å². The number of likely N-dealkylation sites (tertiary alicyclic amines) is 1. The van der Waals surface area contributed by atoms with Crippen molar-refractivity contribution >= 4 is 17.8 Å². The van der Waals surface area contributed by atoms with Gasteiger partial charge >= 0.3 is 6.03 Å². The molecule has 2 N–H and O–H groups in total. The minimum absolute atomic E-state index is 0.0703. The summed E-state index contributed by atoms with van der Waals surface area (Å²) >= 11 is 0. The Bertz CT molecular complexity index is 559. The Morgan fingerprint density at radius 2 is 1.72 bits per heavy atom. The Morgan fingerprint density at radius 3 is 2.36 bits per heavy atom. The van der Waals surface area contributed by atoms with Crippen molar-refractivity contribution in [1.29, 1.82) is 0 Å². The molecule has 3 saturated heterocycles. The van der Waals surface area contributed by atoms with E-state index in [4.69, 9.17) is 0 Å². The third-order valence-corrected chi connectivity index (χ3v) is 6.62. The van der Waals surface area contributed by atoms with E-state index < -0.39 is 5.54 Å². The monoisotopic (exact) mass is 348 g/mol. The van der Waals surface area contributed by atoms with E-state index in [9.17, 15) is 14.4 Å². The number of amides is 4. The van der Waals surface area contributed by atoms with Crippen LogP contribution in [0.4, 0.5) is 4.79 Å². The van der Waals surface area contributed by atoms with Crippen molar-refractivity contribution in [3.63, 3.8) is 0 Å². The van der Waals surface area contributed by atoms with E-state index in [0.29, 0.717) is 11.8 Å². The maximum Gasteiger partial charge on any atom is 0.325 e. The Balaban J connectivity index is 1.31. The minimum Gasteiger partial charge on any atom is -0.343 e. The summed E-state index contributed by atoms with van der Waals surface area (Å²) in [5, 5.41) is 6.31. The molecule has 138 valence electrons. The molecule has 0 aromatic heterocycles. The molecule has 0 aromatic rings. The molecular weight excluding hydrogens is 320 g/mol. The summed E-state index contributed by atoms with van der Waals surface area (Å²) in [6.07, 6.45) is 5.75. The van der Waals surface area contributed by atoms with E-state index in [1.165, 1.54) is 4.90 Å². The van der Waals surface area contributed by atoms with Crippen molar-refractivity contribution in [2.75, 3.05) is 32.7 Å². The lowest BCUT2D eigenvalue weighted by atomic mass is 9.92. The molecule has 4 amide bonds. The van der Waals surface area contributed by atoms with Gasteiger partial charge in [-0.3, -0.25) is 14.5 Å². The van der Waals surface area contributed by atoms with Gasteiger partial charge in [0.15, 0.2) is 0 Å². The third kappa shape index (κ3) is 3.03.